The fourth-order valence-corrected chi connectivity index (χ4v) is 2.85. The third kappa shape index (κ3) is 3.03. The van der Waals surface area contributed by atoms with Crippen molar-refractivity contribution in [1.82, 2.24) is 30.4 Å². The Morgan fingerprint density at radius 3 is 2.65 bits per heavy atom. The number of aryl methyl sites for hydroxylation is 2. The van der Waals surface area contributed by atoms with Gasteiger partial charge in [-0.05, 0) is 14.0 Å². The van der Waals surface area contributed by atoms with Gasteiger partial charge in [-0.1, -0.05) is 5.16 Å². The number of nitrogens with one attached hydrogen (secondary N) is 3. The number of H-pyrrole nitrogens is 1. The van der Waals surface area contributed by atoms with E-state index in [-0.39, 0.29) is 17.4 Å². The lowest BCUT2D eigenvalue weighted by Gasteiger charge is -2.05. The van der Waals surface area contributed by atoms with Gasteiger partial charge in [-0.2, -0.15) is 10.1 Å². The zero-order valence-electron chi connectivity index (χ0n) is 11.4. The molecule has 0 amide bonds. The highest BCUT2D eigenvalue weighted by atomic mass is 32.2. The number of nitrogens with zero attached hydrogens (tertiary/aromatic N) is 3. The summed E-state index contributed by atoms with van der Waals surface area (Å²) in [5.41, 5.74) is 1.31. The average Bonchev–Trinajstić information content (AvgIpc) is 2.96. The first-order valence-electron chi connectivity index (χ1n) is 5.91. The molecule has 0 aliphatic carbocycles. The number of rotatable bonds is 6. The van der Waals surface area contributed by atoms with E-state index in [9.17, 15) is 8.42 Å². The Morgan fingerprint density at radius 2 is 2.05 bits per heavy atom. The van der Waals surface area contributed by atoms with Crippen LogP contribution in [0.5, 0.6) is 0 Å². The minimum Gasteiger partial charge on any atom is -0.340 e. The van der Waals surface area contributed by atoms with Gasteiger partial charge in [-0.3, -0.25) is 5.10 Å². The number of sulfonamides is 1. The average molecular weight is 300 g/mol. The van der Waals surface area contributed by atoms with Crippen LogP contribution in [-0.4, -0.2) is 35.8 Å². The van der Waals surface area contributed by atoms with E-state index in [1.54, 1.807) is 20.9 Å². The van der Waals surface area contributed by atoms with Gasteiger partial charge in [-0.15, -0.1) is 0 Å². The van der Waals surface area contributed by atoms with Crippen molar-refractivity contribution in [2.24, 2.45) is 0 Å². The smallest absolute Gasteiger partial charge is 0.260 e. The van der Waals surface area contributed by atoms with Gasteiger partial charge in [-0.25, -0.2) is 13.1 Å². The molecule has 2 heterocycles. The van der Waals surface area contributed by atoms with Crippen LogP contribution in [0.4, 0.5) is 0 Å². The predicted octanol–water partition coefficient (Wildman–Crippen LogP) is -0.393. The predicted molar refractivity (Wildman–Crippen MR) is 69.1 cm³/mol. The topological polar surface area (TPSA) is 126 Å². The third-order valence-electron chi connectivity index (χ3n) is 2.63. The van der Waals surface area contributed by atoms with Gasteiger partial charge in [0.1, 0.15) is 0 Å². The van der Waals surface area contributed by atoms with Crippen molar-refractivity contribution < 1.29 is 12.9 Å². The molecule has 0 unspecified atom stereocenters. The highest BCUT2D eigenvalue weighted by molar-refractivity contribution is 7.89. The molecular weight excluding hydrogens is 284 g/mol. The summed E-state index contributed by atoms with van der Waals surface area (Å²) in [6.07, 6.45) is 0. The molecule has 10 heteroatoms. The van der Waals surface area contributed by atoms with E-state index >= 15 is 0 Å². The Kier molecular flexibility index (Phi) is 4.16. The lowest BCUT2D eigenvalue weighted by Crippen LogP contribution is -2.26. The van der Waals surface area contributed by atoms with E-state index in [1.165, 1.54) is 0 Å². The summed E-state index contributed by atoms with van der Waals surface area (Å²) in [5.74, 6) is 0.652. The van der Waals surface area contributed by atoms with Gasteiger partial charge in [0.2, 0.25) is 5.89 Å². The van der Waals surface area contributed by atoms with E-state index in [2.05, 4.69) is 30.4 Å². The van der Waals surface area contributed by atoms with E-state index < -0.39 is 10.0 Å². The summed E-state index contributed by atoms with van der Waals surface area (Å²) < 4.78 is 31.6. The fraction of sp³-hybridized carbons (Fsp3) is 0.500. The summed E-state index contributed by atoms with van der Waals surface area (Å²) in [5, 5.41) is 13.0. The summed E-state index contributed by atoms with van der Waals surface area (Å²) >= 11 is 0. The van der Waals surface area contributed by atoms with Crippen molar-refractivity contribution in [3.05, 3.63) is 23.0 Å². The van der Waals surface area contributed by atoms with Gasteiger partial charge in [0, 0.05) is 24.7 Å². The number of aromatic nitrogens is 4. The second kappa shape index (κ2) is 5.69. The molecule has 3 N–H and O–H groups in total. The molecule has 9 nitrogen and oxygen atoms in total. The van der Waals surface area contributed by atoms with Crippen LogP contribution >= 0.6 is 0 Å². The van der Waals surface area contributed by atoms with Crippen molar-refractivity contribution >= 4 is 10.0 Å². The first-order chi connectivity index (χ1) is 9.44. The van der Waals surface area contributed by atoms with Crippen LogP contribution in [0.15, 0.2) is 9.55 Å². The zero-order valence-corrected chi connectivity index (χ0v) is 12.2. The van der Waals surface area contributed by atoms with E-state index in [0.717, 1.165) is 0 Å². The van der Waals surface area contributed by atoms with Crippen molar-refractivity contribution in [3.63, 3.8) is 0 Å². The molecule has 0 radical (unpaired) electrons. The standard InChI is InChI=1S/C10H16N6O3S/c1-6-8(4-11-3)10(15-14-6)20(17,18)12-5-9-13-7(2)19-16-9/h11-12H,4-5H2,1-3H3,(H,14,15). The molecule has 0 aliphatic heterocycles. The molecule has 2 aromatic heterocycles. The number of hydrogen-bond acceptors (Lipinski definition) is 7. The molecule has 2 rings (SSSR count). The van der Waals surface area contributed by atoms with Gasteiger partial charge >= 0.3 is 0 Å². The molecule has 0 aromatic carbocycles. The number of aromatic amines is 1. The highest BCUT2D eigenvalue weighted by Gasteiger charge is 2.23. The van der Waals surface area contributed by atoms with Gasteiger partial charge in [0.15, 0.2) is 10.9 Å². The third-order valence-corrected chi connectivity index (χ3v) is 4.01. The van der Waals surface area contributed by atoms with E-state index in [1.807, 2.05) is 0 Å². The Balaban J connectivity index is 2.18. The first-order valence-corrected chi connectivity index (χ1v) is 7.39. The normalized spacial score (nSPS) is 11.9. The van der Waals surface area contributed by atoms with Gasteiger partial charge in [0.25, 0.3) is 10.0 Å². The highest BCUT2D eigenvalue weighted by Crippen LogP contribution is 2.16. The summed E-state index contributed by atoms with van der Waals surface area (Å²) in [6, 6.07) is 0. The molecule has 2 aromatic rings. The molecule has 0 saturated heterocycles. The Morgan fingerprint density at radius 1 is 1.30 bits per heavy atom. The van der Waals surface area contributed by atoms with Crippen LogP contribution < -0.4 is 10.0 Å². The second-order valence-corrected chi connectivity index (χ2v) is 5.90. The first kappa shape index (κ1) is 14.6. The van der Waals surface area contributed by atoms with E-state index in [0.29, 0.717) is 23.7 Å². The Bertz CT molecular complexity index is 690. The molecule has 0 saturated carbocycles. The molecule has 0 bridgehead atoms. The Hall–Kier alpha value is -1.78. The maximum Gasteiger partial charge on any atom is 0.260 e. The van der Waals surface area contributed by atoms with Crippen molar-refractivity contribution in [2.45, 2.75) is 32.0 Å². The van der Waals surface area contributed by atoms with Crippen molar-refractivity contribution in [1.29, 1.82) is 0 Å². The fourth-order valence-electron chi connectivity index (χ4n) is 1.68. The monoisotopic (exact) mass is 300 g/mol. The molecular formula is C10H16N6O3S. The van der Waals surface area contributed by atoms with Crippen molar-refractivity contribution in [2.75, 3.05) is 7.05 Å². The quantitative estimate of drug-likeness (QED) is 0.663. The maximum absolute atomic E-state index is 12.2. The summed E-state index contributed by atoms with van der Waals surface area (Å²) in [7, 11) is -2.00. The molecule has 0 aliphatic rings. The minimum absolute atomic E-state index is 0.0235. The minimum atomic E-state index is -3.74. The summed E-state index contributed by atoms with van der Waals surface area (Å²) in [6.45, 7) is 3.75. The lowest BCUT2D eigenvalue weighted by molar-refractivity contribution is 0.387. The summed E-state index contributed by atoms with van der Waals surface area (Å²) in [4.78, 5) is 3.93. The van der Waals surface area contributed by atoms with Crippen LogP contribution in [0.25, 0.3) is 0 Å². The maximum atomic E-state index is 12.2. The van der Waals surface area contributed by atoms with Crippen LogP contribution in [0.1, 0.15) is 23.0 Å². The van der Waals surface area contributed by atoms with Crippen LogP contribution in [0.2, 0.25) is 0 Å². The molecule has 0 spiro atoms. The van der Waals surface area contributed by atoms with Gasteiger partial charge < -0.3 is 9.84 Å². The van der Waals surface area contributed by atoms with E-state index in [4.69, 9.17) is 4.52 Å². The van der Waals surface area contributed by atoms with Crippen LogP contribution in [0.3, 0.4) is 0 Å². The second-order valence-electron chi connectivity index (χ2n) is 4.22. The molecule has 0 atom stereocenters. The van der Waals surface area contributed by atoms with Crippen LogP contribution in [0, 0.1) is 13.8 Å². The van der Waals surface area contributed by atoms with Crippen LogP contribution in [-0.2, 0) is 23.1 Å². The molecule has 20 heavy (non-hydrogen) atoms. The van der Waals surface area contributed by atoms with Gasteiger partial charge in [0.05, 0.1) is 6.54 Å². The SMILES string of the molecule is CNCc1c(S(=O)(=O)NCc2noc(C)n2)n[nH]c1C. The number of hydrogen-bond donors (Lipinski definition) is 3. The Labute approximate surface area is 116 Å². The largest absolute Gasteiger partial charge is 0.340 e. The van der Waals surface area contributed by atoms with Crippen molar-refractivity contribution in [3.8, 4) is 0 Å². The lowest BCUT2D eigenvalue weighted by atomic mass is 10.3. The molecule has 110 valence electrons. The molecule has 0 fully saturated rings. The zero-order chi connectivity index (χ0) is 14.8.